The predicted molar refractivity (Wildman–Crippen MR) is 136 cm³/mol. The number of aliphatic carboxylic acids is 1. The van der Waals surface area contributed by atoms with Crippen LogP contribution in [-0.4, -0.2) is 21.3 Å². The molecule has 4 aromatic rings. The Bertz CT molecular complexity index is 1360. The Hall–Kier alpha value is -2.78. The first kappa shape index (κ1) is 24.3. The van der Waals surface area contributed by atoms with Crippen molar-refractivity contribution in [3.8, 4) is 17.2 Å². The molecule has 0 unspecified atom stereocenters. The standard InChI is InChI=1S/C24H15BrCl2N2O4S/c25-18-11-14(5-10-20(18)32-13-16-3-1-2-4-19(16)27)12-21(23(30)31)34-24-29-28-22(33-24)15-6-8-17(26)9-7-15/h1-12H,13H2,(H,30,31)/b21-12-. The summed E-state index contributed by atoms with van der Waals surface area (Å²) in [7, 11) is 0. The zero-order valence-corrected chi connectivity index (χ0v) is 21.2. The first-order valence-corrected chi connectivity index (χ1v) is 12.1. The van der Waals surface area contributed by atoms with Crippen molar-refractivity contribution in [1.82, 2.24) is 10.2 Å². The van der Waals surface area contributed by atoms with Gasteiger partial charge in [0.05, 0.1) is 4.47 Å². The average molecular weight is 578 g/mol. The van der Waals surface area contributed by atoms with E-state index in [2.05, 4.69) is 26.1 Å². The maximum atomic E-state index is 11.8. The van der Waals surface area contributed by atoms with E-state index in [-0.39, 0.29) is 16.0 Å². The van der Waals surface area contributed by atoms with Gasteiger partial charge in [-0.05, 0) is 81.8 Å². The van der Waals surface area contributed by atoms with E-state index in [9.17, 15) is 9.90 Å². The number of hydrogen-bond donors (Lipinski definition) is 1. The van der Waals surface area contributed by atoms with Gasteiger partial charge in [0, 0.05) is 21.2 Å². The van der Waals surface area contributed by atoms with Crippen LogP contribution in [0.15, 0.2) is 85.7 Å². The second kappa shape index (κ2) is 11.1. The fraction of sp³-hybridized carbons (Fsp3) is 0.0417. The van der Waals surface area contributed by atoms with Crippen LogP contribution >= 0.6 is 50.9 Å². The molecule has 34 heavy (non-hydrogen) atoms. The lowest BCUT2D eigenvalue weighted by Gasteiger charge is -2.10. The Kier molecular flexibility index (Phi) is 7.95. The molecule has 172 valence electrons. The minimum Gasteiger partial charge on any atom is -0.488 e. The van der Waals surface area contributed by atoms with Gasteiger partial charge in [-0.1, -0.05) is 47.5 Å². The Morgan fingerprint density at radius 3 is 2.56 bits per heavy atom. The van der Waals surface area contributed by atoms with Crippen LogP contribution in [0.2, 0.25) is 10.0 Å². The number of benzene rings is 3. The summed E-state index contributed by atoms with van der Waals surface area (Å²) in [6, 6.07) is 19.6. The molecule has 1 aromatic heterocycles. The number of carboxylic acids is 1. The molecule has 0 spiro atoms. The molecule has 0 aliphatic heterocycles. The number of carboxylic acid groups (broad SMARTS) is 1. The van der Waals surface area contributed by atoms with E-state index in [0.29, 0.717) is 38.0 Å². The lowest BCUT2D eigenvalue weighted by molar-refractivity contribution is -0.131. The van der Waals surface area contributed by atoms with Crippen LogP contribution in [0.4, 0.5) is 0 Å². The quantitative estimate of drug-likeness (QED) is 0.170. The fourth-order valence-corrected chi connectivity index (χ4v) is 4.34. The van der Waals surface area contributed by atoms with Crippen molar-refractivity contribution in [2.45, 2.75) is 11.8 Å². The third-order valence-corrected chi connectivity index (χ3v) is 6.59. The van der Waals surface area contributed by atoms with Crippen LogP contribution in [0.25, 0.3) is 17.5 Å². The van der Waals surface area contributed by atoms with Gasteiger partial charge < -0.3 is 14.3 Å². The molecule has 0 saturated carbocycles. The van der Waals surface area contributed by atoms with Crippen LogP contribution in [0.3, 0.4) is 0 Å². The monoisotopic (exact) mass is 576 g/mol. The first-order valence-electron chi connectivity index (χ1n) is 9.77. The highest BCUT2D eigenvalue weighted by molar-refractivity contribution is 9.10. The van der Waals surface area contributed by atoms with Gasteiger partial charge in [-0.25, -0.2) is 4.79 Å². The molecule has 0 radical (unpaired) electrons. The number of aromatic nitrogens is 2. The van der Waals surface area contributed by atoms with Gasteiger partial charge in [0.1, 0.15) is 17.3 Å². The number of hydrogen-bond acceptors (Lipinski definition) is 6. The molecular weight excluding hydrogens is 563 g/mol. The molecule has 6 nitrogen and oxygen atoms in total. The van der Waals surface area contributed by atoms with E-state index in [4.69, 9.17) is 32.4 Å². The topological polar surface area (TPSA) is 85.5 Å². The van der Waals surface area contributed by atoms with Crippen molar-refractivity contribution in [2.24, 2.45) is 0 Å². The maximum absolute atomic E-state index is 11.8. The Morgan fingerprint density at radius 2 is 1.85 bits per heavy atom. The van der Waals surface area contributed by atoms with Crippen LogP contribution in [0.5, 0.6) is 5.75 Å². The number of carbonyl (C=O) groups is 1. The van der Waals surface area contributed by atoms with Gasteiger partial charge in [0.25, 0.3) is 5.22 Å². The molecular formula is C24H15BrCl2N2O4S. The van der Waals surface area contributed by atoms with Crippen molar-refractivity contribution >= 4 is 62.9 Å². The third kappa shape index (κ3) is 6.21. The molecule has 0 saturated heterocycles. The summed E-state index contributed by atoms with van der Waals surface area (Å²) in [6.07, 6.45) is 1.52. The first-order chi connectivity index (χ1) is 16.4. The highest BCUT2D eigenvalue weighted by atomic mass is 79.9. The number of ether oxygens (including phenoxy) is 1. The van der Waals surface area contributed by atoms with Crippen molar-refractivity contribution in [1.29, 1.82) is 0 Å². The van der Waals surface area contributed by atoms with Gasteiger partial charge in [-0.3, -0.25) is 0 Å². The van der Waals surface area contributed by atoms with Crippen molar-refractivity contribution in [2.75, 3.05) is 0 Å². The van der Waals surface area contributed by atoms with Gasteiger partial charge in [-0.2, -0.15) is 0 Å². The van der Waals surface area contributed by atoms with Crippen molar-refractivity contribution in [3.05, 3.63) is 97.3 Å². The Morgan fingerprint density at radius 1 is 1.09 bits per heavy atom. The average Bonchev–Trinajstić information content (AvgIpc) is 3.28. The number of halogens is 3. The highest BCUT2D eigenvalue weighted by Crippen LogP contribution is 2.33. The zero-order valence-electron chi connectivity index (χ0n) is 17.2. The minimum absolute atomic E-state index is 0.0166. The second-order valence-electron chi connectivity index (χ2n) is 6.87. The molecule has 0 amide bonds. The summed E-state index contributed by atoms with van der Waals surface area (Å²) in [5.41, 5.74) is 2.20. The lowest BCUT2D eigenvalue weighted by atomic mass is 10.2. The van der Waals surface area contributed by atoms with E-state index in [0.717, 1.165) is 17.3 Å². The Balaban J connectivity index is 1.48. The molecule has 4 rings (SSSR count). The highest BCUT2D eigenvalue weighted by Gasteiger charge is 2.16. The van der Waals surface area contributed by atoms with E-state index < -0.39 is 5.97 Å². The summed E-state index contributed by atoms with van der Waals surface area (Å²) in [5, 5.41) is 18.9. The molecule has 0 bridgehead atoms. The third-order valence-electron chi connectivity index (χ3n) is 4.50. The van der Waals surface area contributed by atoms with Gasteiger partial charge >= 0.3 is 5.97 Å². The second-order valence-corrected chi connectivity index (χ2v) is 9.56. The van der Waals surface area contributed by atoms with Crippen molar-refractivity contribution < 1.29 is 19.1 Å². The van der Waals surface area contributed by atoms with Gasteiger partial charge in [-0.15, -0.1) is 10.2 Å². The molecule has 0 atom stereocenters. The van der Waals surface area contributed by atoms with E-state index in [1.807, 2.05) is 18.2 Å². The number of rotatable bonds is 8. The molecule has 10 heteroatoms. The molecule has 0 aliphatic carbocycles. The van der Waals surface area contributed by atoms with Crippen LogP contribution in [-0.2, 0) is 11.4 Å². The van der Waals surface area contributed by atoms with E-state index in [1.54, 1.807) is 48.5 Å². The summed E-state index contributed by atoms with van der Waals surface area (Å²) in [6.45, 7) is 0.302. The van der Waals surface area contributed by atoms with Crippen LogP contribution in [0, 0.1) is 0 Å². The SMILES string of the molecule is O=C(O)/C(=C/c1ccc(OCc2ccccc2Cl)c(Br)c1)Sc1nnc(-c2ccc(Cl)cc2)o1. The summed E-state index contributed by atoms with van der Waals surface area (Å²) in [5.74, 6) is -0.246. The van der Waals surface area contributed by atoms with E-state index in [1.165, 1.54) is 6.08 Å². The molecule has 0 aliphatic rings. The van der Waals surface area contributed by atoms with Crippen LogP contribution in [0.1, 0.15) is 11.1 Å². The van der Waals surface area contributed by atoms with E-state index >= 15 is 0 Å². The van der Waals surface area contributed by atoms with Crippen molar-refractivity contribution in [3.63, 3.8) is 0 Å². The summed E-state index contributed by atoms with van der Waals surface area (Å²) >= 11 is 16.4. The molecule has 0 fully saturated rings. The number of thioether (sulfide) groups is 1. The normalized spacial score (nSPS) is 11.4. The molecule has 1 heterocycles. The van der Waals surface area contributed by atoms with Gasteiger partial charge in [0.2, 0.25) is 5.89 Å². The predicted octanol–water partition coefficient (Wildman–Crippen LogP) is 7.60. The molecule has 1 N–H and O–H groups in total. The minimum atomic E-state index is -1.12. The van der Waals surface area contributed by atoms with Crippen LogP contribution < -0.4 is 4.74 Å². The van der Waals surface area contributed by atoms with Gasteiger partial charge in [0.15, 0.2) is 0 Å². The molecule has 3 aromatic carbocycles. The smallest absolute Gasteiger partial charge is 0.342 e. The lowest BCUT2D eigenvalue weighted by Crippen LogP contribution is -1.98. The Labute approximate surface area is 217 Å². The maximum Gasteiger partial charge on any atom is 0.342 e. The summed E-state index contributed by atoms with van der Waals surface area (Å²) in [4.78, 5) is 11.8. The summed E-state index contributed by atoms with van der Waals surface area (Å²) < 4.78 is 12.1. The number of nitrogens with zero attached hydrogens (tertiary/aromatic N) is 2. The largest absolute Gasteiger partial charge is 0.488 e. The fourth-order valence-electron chi connectivity index (χ4n) is 2.84. The zero-order chi connectivity index (χ0) is 24.1.